The molecule has 0 aliphatic heterocycles. The molecule has 0 aromatic rings. The first-order chi connectivity index (χ1) is 6.81. The molecule has 0 heterocycles. The average Bonchev–Trinajstić information content (AvgIpc) is 2.25. The highest BCUT2D eigenvalue weighted by Crippen LogP contribution is 2.37. The molecule has 0 spiro atoms. The standard InChI is InChI=1S/C12H21NS/c1-3-7-14-12-8-10(4-2)5-6-11(12)9-13/h10-12H,3-8H2,1-2H3. The van der Waals surface area contributed by atoms with Crippen LogP contribution in [0, 0.1) is 23.2 Å². The smallest absolute Gasteiger partial charge is 0.0667 e. The lowest BCUT2D eigenvalue weighted by Gasteiger charge is -2.31. The summed E-state index contributed by atoms with van der Waals surface area (Å²) in [6.07, 6.45) is 6.21. The number of nitrogens with zero attached hydrogens (tertiary/aromatic N) is 1. The molecule has 3 atom stereocenters. The fourth-order valence-electron chi connectivity index (χ4n) is 2.18. The molecule has 1 saturated carbocycles. The summed E-state index contributed by atoms with van der Waals surface area (Å²) in [5.74, 6) is 2.43. The topological polar surface area (TPSA) is 23.8 Å². The SMILES string of the molecule is CCCSC1CC(CC)CCC1C#N. The molecule has 1 aliphatic rings. The maximum Gasteiger partial charge on any atom is 0.0667 e. The highest BCUT2D eigenvalue weighted by atomic mass is 32.2. The van der Waals surface area contributed by atoms with Gasteiger partial charge in [0.2, 0.25) is 0 Å². The highest BCUT2D eigenvalue weighted by Gasteiger charge is 2.29. The Bertz CT molecular complexity index is 197. The van der Waals surface area contributed by atoms with Gasteiger partial charge in [0.1, 0.15) is 0 Å². The van der Waals surface area contributed by atoms with Crippen molar-refractivity contribution in [1.29, 1.82) is 5.26 Å². The van der Waals surface area contributed by atoms with E-state index in [1.165, 1.54) is 31.4 Å². The molecule has 1 nitrogen and oxygen atoms in total. The number of nitriles is 1. The van der Waals surface area contributed by atoms with Gasteiger partial charge in [-0.2, -0.15) is 17.0 Å². The van der Waals surface area contributed by atoms with E-state index in [2.05, 4.69) is 19.9 Å². The lowest BCUT2D eigenvalue weighted by atomic mass is 9.81. The maximum absolute atomic E-state index is 9.06. The summed E-state index contributed by atoms with van der Waals surface area (Å²) >= 11 is 2.03. The van der Waals surface area contributed by atoms with Crippen LogP contribution in [0.15, 0.2) is 0 Å². The van der Waals surface area contributed by atoms with Crippen LogP contribution in [0.25, 0.3) is 0 Å². The zero-order valence-corrected chi connectivity index (χ0v) is 10.1. The van der Waals surface area contributed by atoms with E-state index in [9.17, 15) is 0 Å². The van der Waals surface area contributed by atoms with E-state index in [4.69, 9.17) is 5.26 Å². The highest BCUT2D eigenvalue weighted by molar-refractivity contribution is 7.99. The van der Waals surface area contributed by atoms with Crippen LogP contribution in [0.1, 0.15) is 46.0 Å². The van der Waals surface area contributed by atoms with Gasteiger partial charge in [-0.15, -0.1) is 0 Å². The predicted octanol–water partition coefficient (Wildman–Crippen LogP) is 3.85. The molecule has 1 aliphatic carbocycles. The van der Waals surface area contributed by atoms with E-state index in [0.717, 1.165) is 12.3 Å². The van der Waals surface area contributed by atoms with Crippen molar-refractivity contribution in [3.8, 4) is 6.07 Å². The first-order valence-corrected chi connectivity index (χ1v) is 6.87. The largest absolute Gasteiger partial charge is 0.198 e. The van der Waals surface area contributed by atoms with Crippen LogP contribution in [0.3, 0.4) is 0 Å². The maximum atomic E-state index is 9.06. The monoisotopic (exact) mass is 211 g/mol. The third-order valence-electron chi connectivity index (χ3n) is 3.18. The minimum Gasteiger partial charge on any atom is -0.198 e. The van der Waals surface area contributed by atoms with Crippen molar-refractivity contribution in [3.63, 3.8) is 0 Å². The quantitative estimate of drug-likeness (QED) is 0.705. The Morgan fingerprint density at radius 2 is 2.14 bits per heavy atom. The number of thioether (sulfide) groups is 1. The van der Waals surface area contributed by atoms with Crippen molar-refractivity contribution in [1.82, 2.24) is 0 Å². The van der Waals surface area contributed by atoms with Crippen molar-refractivity contribution in [2.24, 2.45) is 11.8 Å². The Kier molecular flexibility index (Phi) is 5.40. The molecule has 0 amide bonds. The Morgan fingerprint density at radius 3 is 2.71 bits per heavy atom. The van der Waals surface area contributed by atoms with E-state index in [1.54, 1.807) is 0 Å². The van der Waals surface area contributed by atoms with Crippen LogP contribution in [-0.2, 0) is 0 Å². The van der Waals surface area contributed by atoms with Crippen LogP contribution in [0.2, 0.25) is 0 Å². The molecule has 80 valence electrons. The van der Waals surface area contributed by atoms with E-state index >= 15 is 0 Å². The van der Waals surface area contributed by atoms with Crippen LogP contribution < -0.4 is 0 Å². The minimum atomic E-state index is 0.328. The van der Waals surface area contributed by atoms with Crippen molar-refractivity contribution in [2.45, 2.75) is 51.2 Å². The molecule has 0 aromatic heterocycles. The molecule has 1 rings (SSSR count). The second-order valence-corrected chi connectivity index (χ2v) is 5.58. The molecule has 14 heavy (non-hydrogen) atoms. The Morgan fingerprint density at radius 1 is 1.36 bits per heavy atom. The number of rotatable bonds is 4. The van der Waals surface area contributed by atoms with Crippen LogP contribution in [0.5, 0.6) is 0 Å². The van der Waals surface area contributed by atoms with E-state index in [-0.39, 0.29) is 0 Å². The van der Waals surface area contributed by atoms with E-state index in [0.29, 0.717) is 11.2 Å². The van der Waals surface area contributed by atoms with Gasteiger partial charge in [-0.05, 0) is 37.4 Å². The van der Waals surface area contributed by atoms with Gasteiger partial charge >= 0.3 is 0 Å². The summed E-state index contributed by atoms with van der Waals surface area (Å²) in [4.78, 5) is 0. The van der Waals surface area contributed by atoms with Gasteiger partial charge in [-0.1, -0.05) is 20.3 Å². The summed E-state index contributed by atoms with van der Waals surface area (Å²) in [7, 11) is 0. The fourth-order valence-corrected chi connectivity index (χ4v) is 3.56. The van der Waals surface area contributed by atoms with Gasteiger partial charge in [-0.25, -0.2) is 0 Å². The van der Waals surface area contributed by atoms with Gasteiger partial charge in [0, 0.05) is 5.25 Å². The van der Waals surface area contributed by atoms with Crippen LogP contribution >= 0.6 is 11.8 Å². The summed E-state index contributed by atoms with van der Waals surface area (Å²) in [6.45, 7) is 4.49. The molecule has 0 saturated heterocycles. The lowest BCUT2D eigenvalue weighted by Crippen LogP contribution is -2.26. The minimum absolute atomic E-state index is 0.328. The van der Waals surface area contributed by atoms with Crippen LogP contribution in [0.4, 0.5) is 0 Å². The normalized spacial score (nSPS) is 32.5. The van der Waals surface area contributed by atoms with Crippen molar-refractivity contribution < 1.29 is 0 Å². The van der Waals surface area contributed by atoms with Gasteiger partial charge in [0.15, 0.2) is 0 Å². The Hall–Kier alpha value is -0.160. The second-order valence-electron chi connectivity index (χ2n) is 4.23. The Balaban J connectivity index is 2.43. The predicted molar refractivity (Wildman–Crippen MR) is 63.3 cm³/mol. The molecule has 1 fully saturated rings. The molecule has 0 aromatic carbocycles. The first-order valence-electron chi connectivity index (χ1n) is 5.83. The summed E-state index contributed by atoms with van der Waals surface area (Å²) in [5.41, 5.74) is 0. The Labute approximate surface area is 92.3 Å². The van der Waals surface area contributed by atoms with Crippen molar-refractivity contribution in [2.75, 3.05) is 5.75 Å². The molecule has 0 radical (unpaired) electrons. The molecular formula is C12H21NS. The molecular weight excluding hydrogens is 190 g/mol. The first kappa shape index (κ1) is 11.9. The number of hydrogen-bond donors (Lipinski definition) is 0. The fraction of sp³-hybridized carbons (Fsp3) is 0.917. The zero-order valence-electron chi connectivity index (χ0n) is 9.33. The summed E-state index contributed by atoms with van der Waals surface area (Å²) in [6, 6.07) is 2.49. The van der Waals surface area contributed by atoms with Gasteiger partial charge in [-0.3, -0.25) is 0 Å². The molecule has 0 N–H and O–H groups in total. The zero-order chi connectivity index (χ0) is 10.4. The molecule has 0 bridgehead atoms. The summed E-state index contributed by atoms with van der Waals surface area (Å²) in [5, 5.41) is 9.68. The average molecular weight is 211 g/mol. The van der Waals surface area contributed by atoms with Gasteiger partial charge in [0.25, 0.3) is 0 Å². The second kappa shape index (κ2) is 6.35. The van der Waals surface area contributed by atoms with E-state index in [1.807, 2.05) is 11.8 Å². The van der Waals surface area contributed by atoms with E-state index < -0.39 is 0 Å². The van der Waals surface area contributed by atoms with Crippen molar-refractivity contribution in [3.05, 3.63) is 0 Å². The van der Waals surface area contributed by atoms with Gasteiger partial charge < -0.3 is 0 Å². The number of hydrogen-bond acceptors (Lipinski definition) is 2. The molecule has 3 unspecified atom stereocenters. The third kappa shape index (κ3) is 3.20. The van der Waals surface area contributed by atoms with Crippen molar-refractivity contribution >= 4 is 11.8 Å². The van der Waals surface area contributed by atoms with Crippen LogP contribution in [-0.4, -0.2) is 11.0 Å². The summed E-state index contributed by atoms with van der Waals surface area (Å²) < 4.78 is 0. The molecule has 2 heteroatoms. The third-order valence-corrected chi connectivity index (χ3v) is 4.77. The van der Waals surface area contributed by atoms with Gasteiger partial charge in [0.05, 0.1) is 12.0 Å². The lowest BCUT2D eigenvalue weighted by molar-refractivity contribution is 0.317.